The number of ketones is 1. The Kier molecular flexibility index (Phi) is 5.35. The first-order valence-electron chi connectivity index (χ1n) is 9.85. The van der Waals surface area contributed by atoms with E-state index in [1.54, 1.807) is 25.3 Å². The number of aromatic nitrogens is 1. The van der Waals surface area contributed by atoms with E-state index in [4.69, 9.17) is 14.2 Å². The van der Waals surface area contributed by atoms with Gasteiger partial charge in [0.2, 0.25) is 6.41 Å². The molecule has 0 fully saturated rings. The van der Waals surface area contributed by atoms with Crippen LogP contribution in [0, 0.1) is 0 Å². The molecule has 2 aromatic carbocycles. The molecular weight excluding hydrogens is 384 g/mol. The zero-order valence-electron chi connectivity index (χ0n) is 17.2. The van der Waals surface area contributed by atoms with Crippen molar-refractivity contribution >= 4 is 23.1 Å². The maximum Gasteiger partial charge on any atom is 0.210 e. The largest absolute Gasteiger partial charge is 0.497 e. The van der Waals surface area contributed by atoms with Gasteiger partial charge in [-0.2, -0.15) is 0 Å². The Labute approximate surface area is 174 Å². The van der Waals surface area contributed by atoms with Gasteiger partial charge in [-0.3, -0.25) is 9.59 Å². The number of methoxy groups -OCH3 is 2. The summed E-state index contributed by atoms with van der Waals surface area (Å²) in [6.07, 6.45) is 3.07. The molecule has 30 heavy (non-hydrogen) atoms. The molecule has 0 unspecified atom stereocenters. The molecular formula is C23H24N2O5. The second kappa shape index (κ2) is 8.10. The van der Waals surface area contributed by atoms with E-state index < -0.39 is 6.04 Å². The van der Waals surface area contributed by atoms with E-state index in [9.17, 15) is 9.59 Å². The van der Waals surface area contributed by atoms with Gasteiger partial charge in [-0.15, -0.1) is 0 Å². The molecule has 156 valence electrons. The van der Waals surface area contributed by atoms with Gasteiger partial charge in [-0.1, -0.05) is 0 Å². The van der Waals surface area contributed by atoms with Crippen molar-refractivity contribution < 1.29 is 23.8 Å². The van der Waals surface area contributed by atoms with Gasteiger partial charge in [0, 0.05) is 29.2 Å². The lowest BCUT2D eigenvalue weighted by Gasteiger charge is -2.34. The summed E-state index contributed by atoms with van der Waals surface area (Å²) >= 11 is 0. The lowest BCUT2D eigenvalue weighted by Crippen LogP contribution is -2.39. The number of carbonyl (C=O) groups is 2. The molecule has 1 aliphatic heterocycles. The number of H-pyrrole nitrogens is 1. The molecule has 1 aliphatic rings. The molecule has 3 aromatic rings. The lowest BCUT2D eigenvalue weighted by atomic mass is 9.87. The van der Waals surface area contributed by atoms with Gasteiger partial charge in [0.1, 0.15) is 11.8 Å². The number of hydrogen-bond acceptors (Lipinski definition) is 5. The fraction of sp³-hybridized carbons (Fsp3) is 0.304. The Morgan fingerprint density at radius 3 is 2.73 bits per heavy atom. The van der Waals surface area contributed by atoms with Crippen LogP contribution in [-0.4, -0.2) is 49.4 Å². The van der Waals surface area contributed by atoms with Gasteiger partial charge in [0.05, 0.1) is 20.8 Å². The number of carbonyl (C=O) groups excluding carboxylic acids is 2. The minimum Gasteiger partial charge on any atom is -0.497 e. The molecule has 7 nitrogen and oxygen atoms in total. The molecule has 0 spiro atoms. The predicted octanol–water partition coefficient (Wildman–Crippen LogP) is 3.52. The summed E-state index contributed by atoms with van der Waals surface area (Å²) in [5.74, 6) is 1.69. The van der Waals surface area contributed by atoms with E-state index in [2.05, 4.69) is 4.98 Å². The second-order valence-electron chi connectivity index (χ2n) is 7.11. The molecule has 0 saturated heterocycles. The van der Waals surface area contributed by atoms with E-state index in [1.165, 1.54) is 0 Å². The van der Waals surface area contributed by atoms with Crippen LogP contribution in [0.5, 0.6) is 17.2 Å². The highest BCUT2D eigenvalue weighted by Gasteiger charge is 2.35. The van der Waals surface area contributed by atoms with Crippen molar-refractivity contribution in [2.45, 2.75) is 19.4 Å². The summed E-state index contributed by atoms with van der Waals surface area (Å²) in [5, 5.41) is 0.760. The van der Waals surface area contributed by atoms with Gasteiger partial charge in [0.15, 0.2) is 17.3 Å². The Morgan fingerprint density at radius 2 is 2.03 bits per heavy atom. The van der Waals surface area contributed by atoms with Crippen LogP contribution in [-0.2, 0) is 11.2 Å². The third kappa shape index (κ3) is 3.26. The topological polar surface area (TPSA) is 80.9 Å². The number of amides is 1. The van der Waals surface area contributed by atoms with E-state index in [-0.39, 0.29) is 5.78 Å². The minimum absolute atomic E-state index is 0.157. The van der Waals surface area contributed by atoms with Gasteiger partial charge in [-0.05, 0) is 54.8 Å². The molecule has 7 heteroatoms. The van der Waals surface area contributed by atoms with Crippen LogP contribution in [0.3, 0.4) is 0 Å². The highest BCUT2D eigenvalue weighted by Crippen LogP contribution is 2.40. The first-order valence-corrected chi connectivity index (χ1v) is 9.85. The Morgan fingerprint density at radius 1 is 1.20 bits per heavy atom. The van der Waals surface area contributed by atoms with Crippen LogP contribution in [0.25, 0.3) is 10.9 Å². The summed E-state index contributed by atoms with van der Waals surface area (Å²) in [6, 6.07) is 8.53. The number of nitrogens with one attached hydrogen (secondary N) is 1. The Balaban J connectivity index is 1.84. The zero-order chi connectivity index (χ0) is 21.3. The first kappa shape index (κ1) is 19.8. The molecule has 1 amide bonds. The van der Waals surface area contributed by atoms with Crippen molar-refractivity contribution in [3.63, 3.8) is 0 Å². The SMILES string of the molecule is CCOc1cc2c(cc1OC)CCN(C=O)[C@@H]2C(=O)c1c[nH]c2ccc(OC)cc12. The first-order chi connectivity index (χ1) is 14.6. The van der Waals surface area contributed by atoms with Crippen molar-refractivity contribution in [3.05, 3.63) is 53.2 Å². The van der Waals surface area contributed by atoms with Crippen molar-refractivity contribution in [1.82, 2.24) is 9.88 Å². The summed E-state index contributed by atoms with van der Waals surface area (Å²) in [4.78, 5) is 30.2. The number of aromatic amines is 1. The van der Waals surface area contributed by atoms with Crippen LogP contribution in [0.2, 0.25) is 0 Å². The Bertz CT molecular complexity index is 1100. The monoisotopic (exact) mass is 408 g/mol. The molecule has 1 atom stereocenters. The van der Waals surface area contributed by atoms with Gasteiger partial charge in [-0.25, -0.2) is 0 Å². The van der Waals surface area contributed by atoms with Crippen molar-refractivity contribution in [2.75, 3.05) is 27.4 Å². The number of hydrogen-bond donors (Lipinski definition) is 1. The van der Waals surface area contributed by atoms with Gasteiger partial charge < -0.3 is 24.1 Å². The summed E-state index contributed by atoms with van der Waals surface area (Å²) < 4.78 is 16.5. The molecule has 0 saturated carbocycles. The zero-order valence-corrected chi connectivity index (χ0v) is 17.2. The van der Waals surface area contributed by atoms with Crippen molar-refractivity contribution in [2.24, 2.45) is 0 Å². The number of ether oxygens (including phenoxy) is 3. The van der Waals surface area contributed by atoms with Crippen LogP contribution >= 0.6 is 0 Å². The molecule has 0 radical (unpaired) electrons. The van der Waals surface area contributed by atoms with Crippen LogP contribution < -0.4 is 14.2 Å². The van der Waals surface area contributed by atoms with Gasteiger partial charge in [0.25, 0.3) is 0 Å². The highest BCUT2D eigenvalue weighted by atomic mass is 16.5. The Hall–Kier alpha value is -3.48. The quantitative estimate of drug-likeness (QED) is 0.478. The van der Waals surface area contributed by atoms with E-state index in [1.807, 2.05) is 37.3 Å². The maximum absolute atomic E-state index is 13.7. The highest BCUT2D eigenvalue weighted by molar-refractivity contribution is 6.11. The maximum atomic E-state index is 13.7. The lowest BCUT2D eigenvalue weighted by molar-refractivity contribution is -0.119. The molecule has 0 bridgehead atoms. The molecule has 1 aromatic heterocycles. The van der Waals surface area contributed by atoms with E-state index in [0.29, 0.717) is 42.4 Å². The van der Waals surface area contributed by atoms with Crippen molar-refractivity contribution in [1.29, 1.82) is 0 Å². The molecule has 2 heterocycles. The average molecular weight is 408 g/mol. The summed E-state index contributed by atoms with van der Waals surface area (Å²) in [7, 11) is 3.18. The fourth-order valence-corrected chi connectivity index (χ4v) is 4.06. The van der Waals surface area contributed by atoms with Gasteiger partial charge >= 0.3 is 0 Å². The second-order valence-corrected chi connectivity index (χ2v) is 7.11. The number of benzene rings is 2. The molecule has 0 aliphatic carbocycles. The summed E-state index contributed by atoms with van der Waals surface area (Å²) in [5.41, 5.74) is 3.09. The fourth-order valence-electron chi connectivity index (χ4n) is 4.06. The van der Waals surface area contributed by atoms with E-state index >= 15 is 0 Å². The average Bonchev–Trinajstić information content (AvgIpc) is 3.20. The molecule has 4 rings (SSSR count). The minimum atomic E-state index is -0.735. The number of rotatable bonds is 7. The number of Topliss-reactive ketones (excluding diaryl/α,β-unsaturated/α-hetero) is 1. The molecule has 1 N–H and O–H groups in total. The predicted molar refractivity (Wildman–Crippen MR) is 113 cm³/mol. The van der Waals surface area contributed by atoms with Crippen LogP contribution in [0.15, 0.2) is 36.5 Å². The van der Waals surface area contributed by atoms with Crippen molar-refractivity contribution in [3.8, 4) is 17.2 Å². The number of fused-ring (bicyclic) bond motifs is 2. The van der Waals surface area contributed by atoms with Crippen LogP contribution in [0.1, 0.15) is 34.5 Å². The third-order valence-electron chi connectivity index (χ3n) is 5.53. The van der Waals surface area contributed by atoms with Crippen LogP contribution in [0.4, 0.5) is 0 Å². The smallest absolute Gasteiger partial charge is 0.210 e. The normalized spacial score (nSPS) is 15.6. The third-order valence-corrected chi connectivity index (χ3v) is 5.53. The van der Waals surface area contributed by atoms with E-state index in [0.717, 1.165) is 28.4 Å². The number of nitrogens with zero attached hydrogens (tertiary/aromatic N) is 1. The standard InChI is InChI=1S/C23H24N2O5/c1-4-30-21-11-16-14(9-20(21)29-3)7-8-25(13-26)22(16)23(27)18-12-24-19-6-5-15(28-2)10-17(18)19/h5-6,9-13,22,24H,4,7-8H2,1-3H3/t22-/m0/s1. The summed E-state index contributed by atoms with van der Waals surface area (Å²) in [6.45, 7) is 2.81.